The fourth-order valence-electron chi connectivity index (χ4n) is 7.54. The van der Waals surface area contributed by atoms with Crippen molar-refractivity contribution in [2.45, 2.75) is 264 Å². The summed E-state index contributed by atoms with van der Waals surface area (Å²) in [6, 6.07) is 0. The maximum absolute atomic E-state index is 12.8. The van der Waals surface area contributed by atoms with Gasteiger partial charge in [0.1, 0.15) is 13.2 Å². The monoisotopic (exact) mass is 919 g/mol. The number of ether oxygens (including phenoxy) is 3. The molecule has 0 aliphatic rings. The largest absolute Gasteiger partial charge is 0.462 e. The third-order valence-electron chi connectivity index (χ3n) is 11.7. The molecule has 0 aliphatic heterocycles. The Kier molecular flexibility index (Phi) is 51.4. The summed E-state index contributed by atoms with van der Waals surface area (Å²) in [5, 5.41) is 0. The van der Waals surface area contributed by atoms with Crippen LogP contribution in [0.2, 0.25) is 0 Å². The standard InChI is InChI=1S/C60H102O6/c1-4-7-10-13-15-17-19-21-23-25-27-28-29-30-31-32-33-35-36-38-40-42-44-47-50-53-59(62)65-56-57(55-64-58(61)52-49-46-12-9-6-3)66-60(63)54-51-48-45-43-41-39-37-34-26-24-22-20-18-16-14-11-8-5-2/h7,10,15,17,21,23,27-28,30-31,33,35,38,40,57H,4-6,8-9,11-14,16,18-20,22,24-26,29,32,34,36-37,39,41-56H2,1-3H3/b10-7-,17-15-,23-21-,28-27-,31-30-,35-33-,40-38-. The number of rotatable bonds is 49. The van der Waals surface area contributed by atoms with Crippen LogP contribution in [0.3, 0.4) is 0 Å². The fraction of sp³-hybridized carbons (Fsp3) is 0.717. The van der Waals surface area contributed by atoms with Crippen molar-refractivity contribution in [3.05, 3.63) is 85.1 Å². The van der Waals surface area contributed by atoms with Crippen molar-refractivity contribution in [3.63, 3.8) is 0 Å². The highest BCUT2D eigenvalue weighted by molar-refractivity contribution is 5.71. The van der Waals surface area contributed by atoms with E-state index in [1.54, 1.807) is 0 Å². The Hall–Kier alpha value is -3.41. The maximum Gasteiger partial charge on any atom is 0.306 e. The van der Waals surface area contributed by atoms with Gasteiger partial charge in [0.05, 0.1) is 0 Å². The molecule has 378 valence electrons. The van der Waals surface area contributed by atoms with Gasteiger partial charge in [0.25, 0.3) is 0 Å². The van der Waals surface area contributed by atoms with Gasteiger partial charge in [-0.15, -0.1) is 0 Å². The molecule has 6 nitrogen and oxygen atoms in total. The molecule has 0 saturated carbocycles. The molecule has 6 heteroatoms. The van der Waals surface area contributed by atoms with Crippen LogP contribution in [-0.2, 0) is 28.6 Å². The molecule has 0 amide bonds. The fourth-order valence-corrected chi connectivity index (χ4v) is 7.54. The first-order chi connectivity index (χ1) is 32.5. The summed E-state index contributed by atoms with van der Waals surface area (Å²) in [6.07, 6.45) is 70.4. The summed E-state index contributed by atoms with van der Waals surface area (Å²) in [4.78, 5) is 37.7. The van der Waals surface area contributed by atoms with Gasteiger partial charge in [-0.2, -0.15) is 0 Å². The van der Waals surface area contributed by atoms with Crippen LogP contribution in [0.15, 0.2) is 85.1 Å². The quantitative estimate of drug-likeness (QED) is 0.0262. The van der Waals surface area contributed by atoms with E-state index in [-0.39, 0.29) is 31.1 Å². The zero-order valence-corrected chi connectivity index (χ0v) is 43.2. The molecule has 0 aromatic heterocycles. The zero-order valence-electron chi connectivity index (χ0n) is 43.2. The second kappa shape index (κ2) is 54.2. The Morgan fingerprint density at radius 2 is 0.591 bits per heavy atom. The molecular weight excluding hydrogens is 817 g/mol. The molecule has 1 atom stereocenters. The summed E-state index contributed by atoms with van der Waals surface area (Å²) >= 11 is 0. The number of esters is 3. The lowest BCUT2D eigenvalue weighted by Gasteiger charge is -2.18. The third kappa shape index (κ3) is 51.6. The van der Waals surface area contributed by atoms with E-state index in [4.69, 9.17) is 14.2 Å². The van der Waals surface area contributed by atoms with E-state index in [2.05, 4.69) is 106 Å². The molecule has 66 heavy (non-hydrogen) atoms. The molecule has 0 fully saturated rings. The SMILES string of the molecule is CC/C=C\C/C=C\C/C=C\C/C=C\C/C=C\C/C=C\C/C=C\CCCCCC(=O)OCC(COC(=O)CCCCCCC)OC(=O)CCCCCCCCCCCCCCCCCCCC. The maximum atomic E-state index is 12.8. The van der Waals surface area contributed by atoms with Crippen molar-refractivity contribution in [2.24, 2.45) is 0 Å². The molecule has 1 unspecified atom stereocenters. The van der Waals surface area contributed by atoms with E-state index in [1.165, 1.54) is 103 Å². The lowest BCUT2D eigenvalue weighted by atomic mass is 10.0. The normalized spacial score (nSPS) is 12.7. The van der Waals surface area contributed by atoms with Gasteiger partial charge in [0.2, 0.25) is 0 Å². The first kappa shape index (κ1) is 62.6. The summed E-state index contributed by atoms with van der Waals surface area (Å²) in [6.45, 7) is 6.42. The Labute approximate surface area is 407 Å². The van der Waals surface area contributed by atoms with Crippen LogP contribution in [0.25, 0.3) is 0 Å². The topological polar surface area (TPSA) is 78.9 Å². The van der Waals surface area contributed by atoms with Crippen LogP contribution in [0.1, 0.15) is 258 Å². The van der Waals surface area contributed by atoms with E-state index < -0.39 is 6.10 Å². The number of carbonyl (C=O) groups is 3. The molecule has 0 bridgehead atoms. The number of carbonyl (C=O) groups excluding carboxylic acids is 3. The van der Waals surface area contributed by atoms with Crippen molar-refractivity contribution in [1.82, 2.24) is 0 Å². The van der Waals surface area contributed by atoms with Gasteiger partial charge in [-0.05, 0) is 77.0 Å². The number of hydrogen-bond acceptors (Lipinski definition) is 6. The molecule has 0 aromatic rings. The molecule has 0 aliphatic carbocycles. The van der Waals surface area contributed by atoms with Crippen molar-refractivity contribution in [1.29, 1.82) is 0 Å². The predicted octanol–water partition coefficient (Wildman–Crippen LogP) is 18.4. The van der Waals surface area contributed by atoms with Crippen LogP contribution < -0.4 is 0 Å². The zero-order chi connectivity index (χ0) is 47.9. The Morgan fingerprint density at radius 1 is 0.318 bits per heavy atom. The van der Waals surface area contributed by atoms with Crippen molar-refractivity contribution in [3.8, 4) is 0 Å². The third-order valence-corrected chi connectivity index (χ3v) is 11.7. The Balaban J connectivity index is 4.20. The van der Waals surface area contributed by atoms with Crippen molar-refractivity contribution < 1.29 is 28.6 Å². The van der Waals surface area contributed by atoms with Crippen LogP contribution in [0, 0.1) is 0 Å². The van der Waals surface area contributed by atoms with Crippen molar-refractivity contribution >= 4 is 17.9 Å². The molecule has 0 N–H and O–H groups in total. The van der Waals surface area contributed by atoms with Crippen molar-refractivity contribution in [2.75, 3.05) is 13.2 Å². The van der Waals surface area contributed by atoms with Gasteiger partial charge in [0.15, 0.2) is 6.10 Å². The second-order valence-electron chi connectivity index (χ2n) is 18.1. The second-order valence-corrected chi connectivity index (χ2v) is 18.1. The van der Waals surface area contributed by atoms with Gasteiger partial charge < -0.3 is 14.2 Å². The van der Waals surface area contributed by atoms with Crippen LogP contribution in [-0.4, -0.2) is 37.2 Å². The molecule has 0 aromatic carbocycles. The van der Waals surface area contributed by atoms with Gasteiger partial charge in [-0.3, -0.25) is 14.4 Å². The van der Waals surface area contributed by atoms with E-state index >= 15 is 0 Å². The average Bonchev–Trinajstić information content (AvgIpc) is 3.31. The van der Waals surface area contributed by atoms with Gasteiger partial charge in [0, 0.05) is 19.3 Å². The molecular formula is C60H102O6. The Morgan fingerprint density at radius 3 is 0.924 bits per heavy atom. The molecule has 0 spiro atoms. The van der Waals surface area contributed by atoms with Gasteiger partial charge >= 0.3 is 17.9 Å². The lowest BCUT2D eigenvalue weighted by molar-refractivity contribution is -0.167. The summed E-state index contributed by atoms with van der Waals surface area (Å²) in [7, 11) is 0. The lowest BCUT2D eigenvalue weighted by Crippen LogP contribution is -2.30. The minimum atomic E-state index is -0.785. The molecule has 0 heterocycles. The van der Waals surface area contributed by atoms with Crippen LogP contribution >= 0.6 is 0 Å². The minimum absolute atomic E-state index is 0.0865. The first-order valence-corrected chi connectivity index (χ1v) is 27.6. The number of hydrogen-bond donors (Lipinski definition) is 0. The van der Waals surface area contributed by atoms with E-state index in [0.29, 0.717) is 19.3 Å². The van der Waals surface area contributed by atoms with E-state index in [1.807, 2.05) is 0 Å². The average molecular weight is 919 g/mol. The van der Waals surface area contributed by atoms with Gasteiger partial charge in [-0.1, -0.05) is 247 Å². The highest BCUT2D eigenvalue weighted by Gasteiger charge is 2.19. The van der Waals surface area contributed by atoms with E-state index in [9.17, 15) is 14.4 Å². The van der Waals surface area contributed by atoms with E-state index in [0.717, 1.165) is 116 Å². The molecule has 0 saturated heterocycles. The summed E-state index contributed by atoms with van der Waals surface area (Å²) in [5.74, 6) is -0.930. The smallest absolute Gasteiger partial charge is 0.306 e. The highest BCUT2D eigenvalue weighted by atomic mass is 16.6. The Bertz CT molecular complexity index is 1290. The van der Waals surface area contributed by atoms with Gasteiger partial charge in [-0.25, -0.2) is 0 Å². The predicted molar refractivity (Wildman–Crippen MR) is 284 cm³/mol. The number of unbranched alkanes of at least 4 members (excludes halogenated alkanes) is 24. The summed E-state index contributed by atoms with van der Waals surface area (Å²) < 4.78 is 16.7. The minimum Gasteiger partial charge on any atom is -0.462 e. The van der Waals surface area contributed by atoms with Crippen LogP contribution in [0.4, 0.5) is 0 Å². The number of allylic oxidation sites excluding steroid dienone is 14. The first-order valence-electron chi connectivity index (χ1n) is 27.6. The highest BCUT2D eigenvalue weighted by Crippen LogP contribution is 2.16. The van der Waals surface area contributed by atoms with Crippen LogP contribution in [0.5, 0.6) is 0 Å². The molecule has 0 radical (unpaired) electrons. The molecule has 0 rings (SSSR count). The summed E-state index contributed by atoms with van der Waals surface area (Å²) in [5.41, 5.74) is 0.